The zero-order valence-corrected chi connectivity index (χ0v) is 12.0. The standard InChI is InChI=1S/C16H20N2O3/c19-15-7-8-21-14-6-5-11(9-13(14)18-15)10-17-16(20)12-3-1-2-4-12/h5-6,9,12H,1-4,7-8,10H2,(H,17,20)(H,18,19). The van der Waals surface area contributed by atoms with E-state index in [2.05, 4.69) is 10.6 Å². The maximum absolute atomic E-state index is 12.0. The summed E-state index contributed by atoms with van der Waals surface area (Å²) in [5.41, 5.74) is 1.65. The zero-order valence-electron chi connectivity index (χ0n) is 12.0. The van der Waals surface area contributed by atoms with Gasteiger partial charge in [-0.25, -0.2) is 0 Å². The first-order valence-corrected chi connectivity index (χ1v) is 7.55. The lowest BCUT2D eigenvalue weighted by Gasteiger charge is -2.12. The van der Waals surface area contributed by atoms with Gasteiger partial charge < -0.3 is 15.4 Å². The number of carbonyl (C=O) groups is 2. The Morgan fingerprint density at radius 3 is 2.95 bits per heavy atom. The number of ether oxygens (including phenoxy) is 1. The van der Waals surface area contributed by atoms with Crippen molar-refractivity contribution >= 4 is 17.5 Å². The smallest absolute Gasteiger partial charge is 0.227 e. The summed E-state index contributed by atoms with van der Waals surface area (Å²) < 4.78 is 5.51. The first-order valence-electron chi connectivity index (χ1n) is 7.55. The summed E-state index contributed by atoms with van der Waals surface area (Å²) in [6.45, 7) is 0.884. The summed E-state index contributed by atoms with van der Waals surface area (Å²) in [5.74, 6) is 0.962. The molecule has 2 aliphatic rings. The lowest BCUT2D eigenvalue weighted by Crippen LogP contribution is -2.28. The molecular weight excluding hydrogens is 268 g/mol. The monoisotopic (exact) mass is 288 g/mol. The van der Waals surface area contributed by atoms with E-state index in [4.69, 9.17) is 4.74 Å². The minimum Gasteiger partial charge on any atom is -0.491 e. The third-order valence-corrected chi connectivity index (χ3v) is 4.10. The Kier molecular flexibility index (Phi) is 4.08. The van der Waals surface area contributed by atoms with E-state index in [-0.39, 0.29) is 17.7 Å². The number of nitrogens with one attached hydrogen (secondary N) is 2. The second-order valence-electron chi connectivity index (χ2n) is 5.68. The van der Waals surface area contributed by atoms with E-state index in [0.29, 0.717) is 31.0 Å². The molecule has 5 heteroatoms. The molecule has 1 fully saturated rings. The number of hydrogen-bond donors (Lipinski definition) is 2. The third-order valence-electron chi connectivity index (χ3n) is 4.10. The van der Waals surface area contributed by atoms with E-state index in [0.717, 1.165) is 31.2 Å². The van der Waals surface area contributed by atoms with Crippen LogP contribution < -0.4 is 15.4 Å². The predicted octanol–water partition coefficient (Wildman–Crippen LogP) is 2.21. The van der Waals surface area contributed by atoms with Gasteiger partial charge in [-0.3, -0.25) is 9.59 Å². The topological polar surface area (TPSA) is 67.4 Å². The SMILES string of the molecule is O=C1CCOc2ccc(CNC(=O)C3CCCC3)cc2N1. The fourth-order valence-corrected chi connectivity index (χ4v) is 2.90. The van der Waals surface area contributed by atoms with Crippen molar-refractivity contribution in [3.8, 4) is 5.75 Å². The van der Waals surface area contributed by atoms with Gasteiger partial charge in [0.1, 0.15) is 5.75 Å². The van der Waals surface area contributed by atoms with Crippen molar-refractivity contribution in [1.82, 2.24) is 5.32 Å². The number of carbonyl (C=O) groups excluding carboxylic acids is 2. The van der Waals surface area contributed by atoms with Crippen LogP contribution in [-0.2, 0) is 16.1 Å². The molecule has 1 heterocycles. The Balaban J connectivity index is 1.63. The molecule has 0 atom stereocenters. The summed E-state index contributed by atoms with van der Waals surface area (Å²) in [4.78, 5) is 23.5. The molecule has 5 nitrogen and oxygen atoms in total. The van der Waals surface area contributed by atoms with Gasteiger partial charge in [0, 0.05) is 12.5 Å². The van der Waals surface area contributed by atoms with Gasteiger partial charge >= 0.3 is 0 Å². The Labute approximate surface area is 124 Å². The lowest BCUT2D eigenvalue weighted by molar-refractivity contribution is -0.125. The molecule has 1 aromatic carbocycles. The number of benzene rings is 1. The highest BCUT2D eigenvalue weighted by Crippen LogP contribution is 2.28. The largest absolute Gasteiger partial charge is 0.491 e. The van der Waals surface area contributed by atoms with Crippen molar-refractivity contribution in [3.05, 3.63) is 23.8 Å². The van der Waals surface area contributed by atoms with Crippen molar-refractivity contribution in [3.63, 3.8) is 0 Å². The van der Waals surface area contributed by atoms with E-state index >= 15 is 0 Å². The molecule has 1 aromatic rings. The van der Waals surface area contributed by atoms with Crippen LogP contribution in [0, 0.1) is 5.92 Å². The molecule has 0 saturated heterocycles. The number of hydrogen-bond acceptors (Lipinski definition) is 3. The molecule has 1 aliphatic heterocycles. The Bertz CT molecular complexity index is 550. The van der Waals surface area contributed by atoms with Crippen LogP contribution in [0.2, 0.25) is 0 Å². The van der Waals surface area contributed by atoms with Gasteiger partial charge in [-0.15, -0.1) is 0 Å². The Hall–Kier alpha value is -2.04. The highest BCUT2D eigenvalue weighted by Gasteiger charge is 2.22. The number of rotatable bonds is 3. The molecule has 0 bridgehead atoms. The van der Waals surface area contributed by atoms with Gasteiger partial charge in [-0.1, -0.05) is 18.9 Å². The summed E-state index contributed by atoms with van der Waals surface area (Å²) in [7, 11) is 0. The second kappa shape index (κ2) is 6.16. The Morgan fingerprint density at radius 2 is 2.14 bits per heavy atom. The average Bonchev–Trinajstić information content (AvgIpc) is 2.94. The quantitative estimate of drug-likeness (QED) is 0.896. The molecule has 0 aromatic heterocycles. The summed E-state index contributed by atoms with van der Waals surface area (Å²) in [6, 6.07) is 5.64. The van der Waals surface area contributed by atoms with E-state index < -0.39 is 0 Å². The minimum absolute atomic E-state index is 0.0408. The number of amides is 2. The van der Waals surface area contributed by atoms with Crippen LogP contribution in [0.4, 0.5) is 5.69 Å². The molecule has 2 amide bonds. The number of fused-ring (bicyclic) bond motifs is 1. The van der Waals surface area contributed by atoms with Crippen LogP contribution in [0.3, 0.4) is 0 Å². The number of anilines is 1. The molecule has 21 heavy (non-hydrogen) atoms. The molecule has 1 aliphatic carbocycles. The molecular formula is C16H20N2O3. The molecule has 2 N–H and O–H groups in total. The van der Waals surface area contributed by atoms with Gasteiger partial charge in [0.15, 0.2) is 0 Å². The predicted molar refractivity (Wildman–Crippen MR) is 79.0 cm³/mol. The van der Waals surface area contributed by atoms with Gasteiger partial charge in [-0.05, 0) is 30.5 Å². The van der Waals surface area contributed by atoms with E-state index in [1.54, 1.807) is 0 Å². The van der Waals surface area contributed by atoms with Crippen LogP contribution in [0.5, 0.6) is 5.75 Å². The summed E-state index contributed by atoms with van der Waals surface area (Å²) in [5, 5.41) is 5.81. The summed E-state index contributed by atoms with van der Waals surface area (Å²) >= 11 is 0. The maximum atomic E-state index is 12.0. The molecule has 112 valence electrons. The first-order chi connectivity index (χ1) is 10.2. The molecule has 1 saturated carbocycles. The van der Waals surface area contributed by atoms with E-state index in [1.165, 1.54) is 0 Å². The van der Waals surface area contributed by atoms with E-state index in [9.17, 15) is 9.59 Å². The van der Waals surface area contributed by atoms with Crippen molar-refractivity contribution in [2.24, 2.45) is 5.92 Å². The summed E-state index contributed by atoms with van der Waals surface area (Å²) in [6.07, 6.45) is 4.67. The minimum atomic E-state index is -0.0408. The van der Waals surface area contributed by atoms with Crippen LogP contribution >= 0.6 is 0 Å². The molecule has 3 rings (SSSR count). The van der Waals surface area contributed by atoms with E-state index in [1.807, 2.05) is 18.2 Å². The van der Waals surface area contributed by atoms with Crippen molar-refractivity contribution in [2.75, 3.05) is 11.9 Å². The van der Waals surface area contributed by atoms with Gasteiger partial charge in [0.25, 0.3) is 0 Å². The lowest BCUT2D eigenvalue weighted by atomic mass is 10.1. The van der Waals surface area contributed by atoms with Crippen molar-refractivity contribution < 1.29 is 14.3 Å². The molecule has 0 unspecified atom stereocenters. The fraction of sp³-hybridized carbons (Fsp3) is 0.500. The highest BCUT2D eigenvalue weighted by molar-refractivity contribution is 5.93. The van der Waals surface area contributed by atoms with Crippen LogP contribution in [0.1, 0.15) is 37.7 Å². The Morgan fingerprint density at radius 1 is 1.33 bits per heavy atom. The van der Waals surface area contributed by atoms with Crippen molar-refractivity contribution in [2.45, 2.75) is 38.6 Å². The average molecular weight is 288 g/mol. The van der Waals surface area contributed by atoms with Crippen LogP contribution in [0.25, 0.3) is 0 Å². The van der Waals surface area contributed by atoms with Gasteiger partial charge in [-0.2, -0.15) is 0 Å². The van der Waals surface area contributed by atoms with Crippen LogP contribution in [-0.4, -0.2) is 18.4 Å². The molecule has 0 spiro atoms. The highest BCUT2D eigenvalue weighted by atomic mass is 16.5. The fourth-order valence-electron chi connectivity index (χ4n) is 2.90. The second-order valence-corrected chi connectivity index (χ2v) is 5.68. The first kappa shape index (κ1) is 13.9. The normalized spacial score (nSPS) is 18.4. The van der Waals surface area contributed by atoms with Gasteiger partial charge in [0.2, 0.25) is 11.8 Å². The molecule has 0 radical (unpaired) electrons. The third kappa shape index (κ3) is 3.35. The van der Waals surface area contributed by atoms with Gasteiger partial charge in [0.05, 0.1) is 18.7 Å². The van der Waals surface area contributed by atoms with Crippen molar-refractivity contribution in [1.29, 1.82) is 0 Å². The van der Waals surface area contributed by atoms with Crippen LogP contribution in [0.15, 0.2) is 18.2 Å². The zero-order chi connectivity index (χ0) is 14.7. The maximum Gasteiger partial charge on any atom is 0.227 e.